The molecule has 0 spiro atoms. The number of methoxy groups -OCH3 is 2. The number of carbonyl (C=O) groups is 1. The van der Waals surface area contributed by atoms with Crippen LogP contribution in [0.15, 0.2) is 105 Å². The van der Waals surface area contributed by atoms with Gasteiger partial charge in [0.1, 0.15) is 39.8 Å². The van der Waals surface area contributed by atoms with Crippen LogP contribution in [0, 0.1) is 0 Å². The lowest BCUT2D eigenvalue weighted by Crippen LogP contribution is -2.27. The Labute approximate surface area is 328 Å². The summed E-state index contributed by atoms with van der Waals surface area (Å²) in [6.07, 6.45) is -0.830. The van der Waals surface area contributed by atoms with Crippen molar-refractivity contribution in [2.75, 3.05) is 14.2 Å². The summed E-state index contributed by atoms with van der Waals surface area (Å²) in [5.41, 5.74) is 2.25. The van der Waals surface area contributed by atoms with Crippen LogP contribution in [0.25, 0.3) is 54.6 Å². The van der Waals surface area contributed by atoms with Gasteiger partial charge in [-0.25, -0.2) is 4.79 Å². The van der Waals surface area contributed by atoms with Gasteiger partial charge < -0.3 is 31.9 Å². The second-order valence-electron chi connectivity index (χ2n) is 17.0. The van der Waals surface area contributed by atoms with Crippen molar-refractivity contribution in [3.05, 3.63) is 108 Å². The average molecular weight is 773 g/mol. The van der Waals surface area contributed by atoms with Crippen LogP contribution in [0.2, 0.25) is 0 Å². The number of fused-ring (bicyclic) bond motifs is 7. The second kappa shape index (κ2) is 14.5. The van der Waals surface area contributed by atoms with E-state index in [2.05, 4.69) is 77.9 Å². The van der Waals surface area contributed by atoms with Gasteiger partial charge in [-0.3, -0.25) is 0 Å². The molecule has 0 fully saturated rings. The van der Waals surface area contributed by atoms with E-state index >= 15 is 0 Å². The highest BCUT2D eigenvalue weighted by Crippen LogP contribution is 2.52. The predicted octanol–water partition coefficient (Wildman–Crippen LogP) is 14.0. The van der Waals surface area contributed by atoms with Crippen molar-refractivity contribution in [1.29, 1.82) is 0 Å². The smallest absolute Gasteiger partial charge is 0.497 e. The number of benzene rings is 6. The van der Waals surface area contributed by atoms with Gasteiger partial charge in [-0.05, 0) is 89.5 Å². The maximum Gasteiger partial charge on any atom is 0.514 e. The van der Waals surface area contributed by atoms with E-state index in [0.29, 0.717) is 45.3 Å². The summed E-state index contributed by atoms with van der Waals surface area (Å²) in [5.74, 6) is 1.96. The Hall–Kier alpha value is -5.59. The summed E-state index contributed by atoms with van der Waals surface area (Å²) in [4.78, 5) is 13.5. The number of rotatable bonds is 6. The van der Waals surface area contributed by atoms with Crippen LogP contribution in [0.3, 0.4) is 0 Å². The molecule has 56 heavy (non-hydrogen) atoms. The standard InChI is InChI=1S/C47H49O8P/c1-45(2,3)36-26-30(49-10)24-34(42(36)51-44(48)52-47(7,8)9)35-25-31(50-11)27-37(46(4,5)6)43(35)55-56-53-38-22-20-28-16-12-14-18-32(28)40(38)41-33-19-15-13-17-29(33)21-23-39(41)54-56/h12-27H,1-11H3. The minimum absolute atomic E-state index is 0.314. The fraction of sp³-hybridized carbons (Fsp3) is 0.298. The molecule has 8 nitrogen and oxygen atoms in total. The second-order valence-corrected chi connectivity index (χ2v) is 18.0. The van der Waals surface area contributed by atoms with Crippen LogP contribution in [0.1, 0.15) is 73.4 Å². The molecule has 9 heteroatoms. The molecule has 0 aliphatic heterocycles. The van der Waals surface area contributed by atoms with Crippen molar-refractivity contribution in [1.82, 2.24) is 0 Å². The van der Waals surface area contributed by atoms with Crippen LogP contribution in [-0.2, 0) is 15.6 Å². The third kappa shape index (κ3) is 7.63. The first-order chi connectivity index (χ1) is 26.4. The Morgan fingerprint density at radius 3 is 1.46 bits per heavy atom. The van der Waals surface area contributed by atoms with E-state index in [1.807, 2.05) is 60.7 Å². The highest BCUT2D eigenvalue weighted by atomic mass is 31.1. The lowest BCUT2D eigenvalue weighted by Gasteiger charge is -2.28. The summed E-state index contributed by atoms with van der Waals surface area (Å²) in [7, 11) is 1.11. The van der Waals surface area contributed by atoms with Gasteiger partial charge in [-0.1, -0.05) is 102 Å². The van der Waals surface area contributed by atoms with Crippen LogP contribution in [-0.4, -0.2) is 26.0 Å². The van der Waals surface area contributed by atoms with Gasteiger partial charge in [0.15, 0.2) is 0 Å². The van der Waals surface area contributed by atoms with Crippen molar-refractivity contribution in [2.45, 2.75) is 78.7 Å². The Morgan fingerprint density at radius 1 is 0.571 bits per heavy atom. The first-order valence-corrected chi connectivity index (χ1v) is 19.8. The normalized spacial score (nSPS) is 12.3. The van der Waals surface area contributed by atoms with Gasteiger partial charge in [0.25, 0.3) is 0 Å². The quantitative estimate of drug-likeness (QED) is 0.122. The van der Waals surface area contributed by atoms with E-state index in [1.165, 1.54) is 0 Å². The summed E-state index contributed by atoms with van der Waals surface area (Å²) in [6, 6.07) is 32.2. The van der Waals surface area contributed by atoms with Gasteiger partial charge in [-0.2, -0.15) is 0 Å². The highest BCUT2D eigenvalue weighted by Gasteiger charge is 2.32. The Morgan fingerprint density at radius 2 is 1.02 bits per heavy atom. The van der Waals surface area contributed by atoms with Crippen LogP contribution in [0.4, 0.5) is 4.79 Å². The molecule has 0 saturated heterocycles. The number of carbonyl (C=O) groups excluding carboxylic acids is 1. The SMILES string of the molecule is COc1cc(-c2cc(OC)cc(C(C)(C)C)c2Op2oc3ccc4ccccc4c3c3c(ccc4ccccc43)o2)c(OC(=O)OC(C)(C)C)c(C(C)(C)C)c1. The van der Waals surface area contributed by atoms with Crippen LogP contribution >= 0.6 is 8.24 Å². The third-order valence-electron chi connectivity index (χ3n) is 9.62. The molecule has 290 valence electrons. The number of hydrogen-bond acceptors (Lipinski definition) is 8. The zero-order valence-electron chi connectivity index (χ0n) is 34.0. The van der Waals surface area contributed by atoms with Crippen LogP contribution < -0.4 is 18.7 Å². The van der Waals surface area contributed by atoms with Crippen molar-refractivity contribution in [2.24, 2.45) is 0 Å². The van der Waals surface area contributed by atoms with Gasteiger partial charge in [0, 0.05) is 33.0 Å². The molecule has 0 saturated carbocycles. The summed E-state index contributed by atoms with van der Waals surface area (Å²) in [5, 5.41) is 6.12. The van der Waals surface area contributed by atoms with E-state index in [1.54, 1.807) is 35.0 Å². The number of hydrogen-bond donors (Lipinski definition) is 0. The molecule has 0 amide bonds. The van der Waals surface area contributed by atoms with E-state index in [0.717, 1.165) is 43.4 Å². The van der Waals surface area contributed by atoms with Crippen molar-refractivity contribution in [3.8, 4) is 34.1 Å². The van der Waals surface area contributed by atoms with E-state index in [9.17, 15) is 4.79 Å². The fourth-order valence-corrected chi connectivity index (χ4v) is 8.06. The molecule has 6 aromatic carbocycles. The fourth-order valence-electron chi connectivity index (χ4n) is 6.98. The van der Waals surface area contributed by atoms with Gasteiger partial charge >= 0.3 is 14.4 Å². The zero-order chi connectivity index (χ0) is 40.2. The van der Waals surface area contributed by atoms with Gasteiger partial charge in [0.05, 0.1) is 14.2 Å². The first-order valence-electron chi connectivity index (χ1n) is 18.7. The summed E-state index contributed by atoms with van der Waals surface area (Å²) < 4.78 is 44.5. The largest absolute Gasteiger partial charge is 0.514 e. The highest BCUT2D eigenvalue weighted by molar-refractivity contribution is 7.32. The maximum atomic E-state index is 13.5. The van der Waals surface area contributed by atoms with Gasteiger partial charge in [-0.15, -0.1) is 0 Å². The Balaban J connectivity index is 1.57. The molecule has 0 N–H and O–H groups in total. The van der Waals surface area contributed by atoms with Crippen molar-refractivity contribution in [3.63, 3.8) is 0 Å². The zero-order valence-corrected chi connectivity index (χ0v) is 34.8. The van der Waals surface area contributed by atoms with Gasteiger partial charge in [0.2, 0.25) is 0 Å². The minimum atomic E-state index is -2.13. The average Bonchev–Trinajstić information content (AvgIpc) is 3.30. The molecule has 0 unspecified atom stereocenters. The predicted molar refractivity (Wildman–Crippen MR) is 227 cm³/mol. The number of ether oxygens (including phenoxy) is 4. The lowest BCUT2D eigenvalue weighted by atomic mass is 9.81. The molecule has 0 atom stereocenters. The van der Waals surface area contributed by atoms with Crippen molar-refractivity contribution >= 4 is 57.9 Å². The Bertz CT molecular complexity index is 2570. The topological polar surface area (TPSA) is 89.5 Å². The summed E-state index contributed by atoms with van der Waals surface area (Å²) >= 11 is 0. The molecule has 7 aromatic rings. The maximum absolute atomic E-state index is 13.5. The Kier molecular flexibility index (Phi) is 10.0. The first kappa shape index (κ1) is 38.7. The minimum Gasteiger partial charge on any atom is -0.497 e. The summed E-state index contributed by atoms with van der Waals surface area (Å²) in [6.45, 7) is 17.9. The lowest BCUT2D eigenvalue weighted by molar-refractivity contribution is 0.0203. The molecule has 0 aliphatic carbocycles. The molecule has 0 aliphatic rings. The van der Waals surface area contributed by atoms with E-state index in [4.69, 9.17) is 31.9 Å². The third-order valence-corrected chi connectivity index (χ3v) is 10.6. The molecular formula is C47H49O8P. The molecule has 7 rings (SSSR count). The van der Waals surface area contributed by atoms with Crippen LogP contribution in [0.5, 0.6) is 23.0 Å². The molecular weight excluding hydrogens is 723 g/mol. The monoisotopic (exact) mass is 772 g/mol. The molecule has 1 heterocycles. The van der Waals surface area contributed by atoms with Crippen molar-refractivity contribution < 1.29 is 36.7 Å². The van der Waals surface area contributed by atoms with E-state index in [-0.39, 0.29) is 0 Å². The van der Waals surface area contributed by atoms with E-state index < -0.39 is 30.8 Å². The molecule has 0 bridgehead atoms. The molecule has 1 aromatic heterocycles. The molecule has 0 radical (unpaired) electrons.